The second kappa shape index (κ2) is 4.08. The first-order valence-electron chi connectivity index (χ1n) is 5.53. The number of nitrogens with zero attached hydrogens (tertiary/aromatic N) is 2. The summed E-state index contributed by atoms with van der Waals surface area (Å²) in [7, 11) is 0. The van der Waals surface area contributed by atoms with Crippen molar-refractivity contribution in [2.24, 2.45) is 0 Å². The van der Waals surface area contributed by atoms with Gasteiger partial charge in [-0.1, -0.05) is 24.3 Å². The number of rotatable bonds is 1. The summed E-state index contributed by atoms with van der Waals surface area (Å²) in [6, 6.07) is 10.4. The normalized spacial score (nSPS) is 11.9. The van der Waals surface area contributed by atoms with E-state index in [0.29, 0.717) is 16.6 Å². The molecule has 0 saturated carbocycles. The van der Waals surface area contributed by atoms with Crippen molar-refractivity contribution >= 4 is 11.0 Å². The van der Waals surface area contributed by atoms with E-state index in [-0.39, 0.29) is 0 Å². The summed E-state index contributed by atoms with van der Waals surface area (Å²) in [5, 5.41) is 10.5. The Bertz CT molecular complexity index is 714. The summed E-state index contributed by atoms with van der Waals surface area (Å²) in [5.41, 5.74) is 2.08. The average Bonchev–Trinajstić information content (AvgIpc) is 2.86. The van der Waals surface area contributed by atoms with Crippen molar-refractivity contribution in [3.8, 4) is 11.1 Å². The number of nitrogens with one attached hydrogen (secondary N) is 1. The molecule has 0 aliphatic heterocycles. The molecule has 19 heavy (non-hydrogen) atoms. The van der Waals surface area contributed by atoms with Gasteiger partial charge in [-0.25, -0.2) is 0 Å². The Labute approximate surface area is 106 Å². The maximum atomic E-state index is 12.5. The van der Waals surface area contributed by atoms with Crippen molar-refractivity contribution < 1.29 is 13.2 Å². The summed E-state index contributed by atoms with van der Waals surface area (Å²) in [4.78, 5) is 0. The SMILES string of the molecule is FC(F)(F)c1ccc(-c2cccc3n[nH]nc23)cc1. The van der Waals surface area contributed by atoms with E-state index >= 15 is 0 Å². The lowest BCUT2D eigenvalue weighted by Gasteiger charge is -2.07. The van der Waals surface area contributed by atoms with Crippen LogP contribution in [0.3, 0.4) is 0 Å². The van der Waals surface area contributed by atoms with Gasteiger partial charge in [-0.2, -0.15) is 28.6 Å². The topological polar surface area (TPSA) is 41.6 Å². The highest BCUT2D eigenvalue weighted by Crippen LogP contribution is 2.32. The van der Waals surface area contributed by atoms with E-state index < -0.39 is 11.7 Å². The summed E-state index contributed by atoms with van der Waals surface area (Å²) in [6.45, 7) is 0. The number of H-pyrrole nitrogens is 1. The van der Waals surface area contributed by atoms with Crippen LogP contribution < -0.4 is 0 Å². The van der Waals surface area contributed by atoms with Gasteiger partial charge in [-0.15, -0.1) is 0 Å². The lowest BCUT2D eigenvalue weighted by Crippen LogP contribution is -2.03. The molecule has 3 aromatic rings. The molecule has 0 spiro atoms. The first-order valence-corrected chi connectivity index (χ1v) is 5.53. The Morgan fingerprint density at radius 2 is 1.63 bits per heavy atom. The summed E-state index contributed by atoms with van der Waals surface area (Å²) >= 11 is 0. The second-order valence-corrected chi connectivity index (χ2v) is 4.07. The molecule has 0 atom stereocenters. The molecule has 0 bridgehead atoms. The van der Waals surface area contributed by atoms with Crippen LogP contribution in [-0.2, 0) is 6.18 Å². The minimum Gasteiger partial charge on any atom is -0.197 e. The number of hydrogen-bond acceptors (Lipinski definition) is 2. The molecule has 0 aliphatic rings. The van der Waals surface area contributed by atoms with Gasteiger partial charge in [-0.3, -0.25) is 0 Å². The lowest BCUT2D eigenvalue weighted by molar-refractivity contribution is -0.137. The highest BCUT2D eigenvalue weighted by molar-refractivity contribution is 5.91. The molecule has 0 radical (unpaired) electrons. The van der Waals surface area contributed by atoms with Crippen molar-refractivity contribution in [1.29, 1.82) is 0 Å². The van der Waals surface area contributed by atoms with E-state index in [1.807, 2.05) is 0 Å². The van der Waals surface area contributed by atoms with Crippen LogP contribution in [0.2, 0.25) is 0 Å². The maximum Gasteiger partial charge on any atom is 0.416 e. The minimum absolute atomic E-state index is 0.641. The zero-order valence-electron chi connectivity index (χ0n) is 9.57. The number of para-hydroxylation sites is 1. The van der Waals surface area contributed by atoms with Crippen LogP contribution in [0, 0.1) is 0 Å². The Kier molecular flexibility index (Phi) is 2.51. The predicted molar refractivity (Wildman–Crippen MR) is 64.3 cm³/mol. The fraction of sp³-hybridized carbons (Fsp3) is 0.0769. The van der Waals surface area contributed by atoms with E-state index in [4.69, 9.17) is 0 Å². The van der Waals surface area contributed by atoms with Crippen molar-refractivity contribution in [3.05, 3.63) is 48.0 Å². The minimum atomic E-state index is -4.32. The number of aromatic nitrogens is 3. The fourth-order valence-corrected chi connectivity index (χ4v) is 1.94. The second-order valence-electron chi connectivity index (χ2n) is 4.07. The zero-order chi connectivity index (χ0) is 13.5. The Balaban J connectivity index is 2.10. The number of fused-ring (bicyclic) bond motifs is 1. The molecule has 1 N–H and O–H groups in total. The molecule has 1 aromatic heterocycles. The number of halogens is 3. The number of hydrogen-bond donors (Lipinski definition) is 1. The van der Waals surface area contributed by atoms with E-state index in [1.165, 1.54) is 12.1 Å². The van der Waals surface area contributed by atoms with E-state index in [9.17, 15) is 13.2 Å². The van der Waals surface area contributed by atoms with Crippen LogP contribution in [0.1, 0.15) is 5.56 Å². The van der Waals surface area contributed by atoms with E-state index in [2.05, 4.69) is 15.4 Å². The van der Waals surface area contributed by atoms with Crippen molar-refractivity contribution in [2.75, 3.05) is 0 Å². The summed E-state index contributed by atoms with van der Waals surface area (Å²) in [6.07, 6.45) is -4.32. The van der Waals surface area contributed by atoms with E-state index in [0.717, 1.165) is 17.7 Å². The molecule has 2 aromatic carbocycles. The van der Waals surface area contributed by atoms with E-state index in [1.54, 1.807) is 18.2 Å². The highest BCUT2D eigenvalue weighted by atomic mass is 19.4. The van der Waals surface area contributed by atoms with Gasteiger partial charge in [0, 0.05) is 5.56 Å². The van der Waals surface area contributed by atoms with Crippen LogP contribution in [0.5, 0.6) is 0 Å². The lowest BCUT2D eigenvalue weighted by atomic mass is 10.0. The molecule has 0 aliphatic carbocycles. The molecule has 0 amide bonds. The first kappa shape index (κ1) is 11.7. The number of alkyl halides is 3. The predicted octanol–water partition coefficient (Wildman–Crippen LogP) is 3.64. The highest BCUT2D eigenvalue weighted by Gasteiger charge is 2.30. The van der Waals surface area contributed by atoms with Crippen molar-refractivity contribution in [3.63, 3.8) is 0 Å². The van der Waals surface area contributed by atoms with Gasteiger partial charge in [0.05, 0.1) is 5.56 Å². The zero-order valence-corrected chi connectivity index (χ0v) is 9.57. The molecule has 0 unspecified atom stereocenters. The van der Waals surface area contributed by atoms with Crippen molar-refractivity contribution in [2.45, 2.75) is 6.18 Å². The van der Waals surface area contributed by atoms with Gasteiger partial charge < -0.3 is 0 Å². The molecule has 0 saturated heterocycles. The van der Waals surface area contributed by atoms with Crippen molar-refractivity contribution in [1.82, 2.24) is 15.4 Å². The number of benzene rings is 2. The summed E-state index contributed by atoms with van der Waals surface area (Å²) < 4.78 is 37.5. The molecule has 6 heteroatoms. The van der Waals surface area contributed by atoms with Gasteiger partial charge in [0.15, 0.2) is 0 Å². The Morgan fingerprint density at radius 3 is 2.32 bits per heavy atom. The third-order valence-electron chi connectivity index (χ3n) is 2.87. The van der Waals surface area contributed by atoms with Gasteiger partial charge in [0.25, 0.3) is 0 Å². The molecule has 3 rings (SSSR count). The Morgan fingerprint density at radius 1 is 0.895 bits per heavy atom. The number of aromatic amines is 1. The smallest absolute Gasteiger partial charge is 0.197 e. The standard InChI is InChI=1S/C13H8F3N3/c14-13(15,16)9-6-4-8(5-7-9)10-2-1-3-11-12(10)18-19-17-11/h1-7H,(H,17,18,19). The quantitative estimate of drug-likeness (QED) is 0.728. The fourth-order valence-electron chi connectivity index (χ4n) is 1.94. The third-order valence-corrected chi connectivity index (χ3v) is 2.87. The molecular formula is C13H8F3N3. The Hall–Kier alpha value is -2.37. The van der Waals surface area contributed by atoms with Gasteiger partial charge in [0.2, 0.25) is 0 Å². The van der Waals surface area contributed by atoms with Crippen LogP contribution in [-0.4, -0.2) is 15.4 Å². The molecular weight excluding hydrogens is 255 g/mol. The first-order chi connectivity index (χ1) is 9.05. The average molecular weight is 263 g/mol. The van der Waals surface area contributed by atoms with Crippen LogP contribution >= 0.6 is 0 Å². The largest absolute Gasteiger partial charge is 0.416 e. The molecule has 3 nitrogen and oxygen atoms in total. The summed E-state index contributed by atoms with van der Waals surface area (Å²) in [5.74, 6) is 0. The molecule has 0 fully saturated rings. The molecule has 96 valence electrons. The third kappa shape index (κ3) is 2.05. The van der Waals surface area contributed by atoms with Gasteiger partial charge >= 0.3 is 6.18 Å². The maximum absolute atomic E-state index is 12.5. The van der Waals surface area contributed by atoms with Gasteiger partial charge in [0.1, 0.15) is 11.0 Å². The molecule has 1 heterocycles. The monoisotopic (exact) mass is 263 g/mol. The van der Waals surface area contributed by atoms with Crippen LogP contribution in [0.4, 0.5) is 13.2 Å². The van der Waals surface area contributed by atoms with Crippen LogP contribution in [0.25, 0.3) is 22.2 Å². The van der Waals surface area contributed by atoms with Gasteiger partial charge in [-0.05, 0) is 23.8 Å². The van der Waals surface area contributed by atoms with Crippen LogP contribution in [0.15, 0.2) is 42.5 Å².